The summed E-state index contributed by atoms with van der Waals surface area (Å²) in [7, 11) is 1.73. The molecule has 2 N–H and O–H groups in total. The zero-order chi connectivity index (χ0) is 13.6. The maximum Gasteiger partial charge on any atom is 0.410 e. The van der Waals surface area contributed by atoms with Crippen LogP contribution in [0.1, 0.15) is 27.2 Å². The molecular formula is C12H25IN4O2. The highest BCUT2D eigenvalue weighted by Crippen LogP contribution is 2.08. The second kappa shape index (κ2) is 8.44. The minimum Gasteiger partial charge on any atom is -0.444 e. The Morgan fingerprint density at radius 3 is 2.74 bits per heavy atom. The van der Waals surface area contributed by atoms with E-state index in [4.69, 9.17) is 4.74 Å². The van der Waals surface area contributed by atoms with Crippen molar-refractivity contribution in [3.05, 3.63) is 0 Å². The number of ether oxygens (including phenoxy) is 1. The first-order valence-corrected chi connectivity index (χ1v) is 6.35. The summed E-state index contributed by atoms with van der Waals surface area (Å²) >= 11 is 0. The van der Waals surface area contributed by atoms with E-state index in [0.29, 0.717) is 13.1 Å². The number of carbonyl (C=O) groups is 1. The summed E-state index contributed by atoms with van der Waals surface area (Å²) < 4.78 is 5.26. The highest BCUT2D eigenvalue weighted by atomic mass is 127. The van der Waals surface area contributed by atoms with Gasteiger partial charge in [0.2, 0.25) is 0 Å². The van der Waals surface area contributed by atoms with Crippen LogP contribution in [0.5, 0.6) is 0 Å². The summed E-state index contributed by atoms with van der Waals surface area (Å²) in [5, 5.41) is 6.32. The molecule has 0 aromatic heterocycles. The van der Waals surface area contributed by atoms with E-state index in [2.05, 4.69) is 15.6 Å². The van der Waals surface area contributed by atoms with Gasteiger partial charge in [0.25, 0.3) is 0 Å². The second-order valence-corrected chi connectivity index (χ2v) is 5.34. The predicted molar refractivity (Wildman–Crippen MR) is 87.2 cm³/mol. The van der Waals surface area contributed by atoms with Crippen LogP contribution >= 0.6 is 24.0 Å². The largest absolute Gasteiger partial charge is 0.444 e. The van der Waals surface area contributed by atoms with Crippen molar-refractivity contribution < 1.29 is 9.53 Å². The first kappa shape index (κ1) is 18.3. The van der Waals surface area contributed by atoms with Crippen LogP contribution in [0, 0.1) is 0 Å². The van der Waals surface area contributed by atoms with Crippen LogP contribution in [0.15, 0.2) is 4.99 Å². The first-order chi connectivity index (χ1) is 8.38. The fourth-order valence-electron chi connectivity index (χ4n) is 1.42. The van der Waals surface area contributed by atoms with Gasteiger partial charge in [0.15, 0.2) is 5.96 Å². The van der Waals surface area contributed by atoms with Crippen molar-refractivity contribution in [3.63, 3.8) is 0 Å². The van der Waals surface area contributed by atoms with Gasteiger partial charge in [-0.3, -0.25) is 4.99 Å². The van der Waals surface area contributed by atoms with Crippen molar-refractivity contribution in [1.29, 1.82) is 0 Å². The van der Waals surface area contributed by atoms with Crippen LogP contribution < -0.4 is 10.6 Å². The Hall–Kier alpha value is -0.730. The number of amides is 1. The van der Waals surface area contributed by atoms with Gasteiger partial charge in [-0.1, -0.05) is 0 Å². The second-order valence-electron chi connectivity index (χ2n) is 5.34. The monoisotopic (exact) mass is 384 g/mol. The normalized spacial score (nSPS) is 14.6. The minimum atomic E-state index is -0.451. The molecule has 1 amide bonds. The van der Waals surface area contributed by atoms with Crippen LogP contribution in [0.25, 0.3) is 0 Å². The summed E-state index contributed by atoms with van der Waals surface area (Å²) in [6.07, 6.45) is 0.769. The summed E-state index contributed by atoms with van der Waals surface area (Å²) in [4.78, 5) is 17.5. The van der Waals surface area contributed by atoms with Gasteiger partial charge >= 0.3 is 6.09 Å². The van der Waals surface area contributed by atoms with Gasteiger partial charge in [-0.05, 0) is 27.2 Å². The lowest BCUT2D eigenvalue weighted by Crippen LogP contribution is -2.44. The van der Waals surface area contributed by atoms with E-state index in [-0.39, 0.29) is 30.1 Å². The lowest BCUT2D eigenvalue weighted by Gasteiger charge is -2.25. The van der Waals surface area contributed by atoms with Gasteiger partial charge in [0.05, 0.1) is 0 Å². The molecule has 0 aromatic carbocycles. The number of aliphatic imine (C=N–C) groups is 1. The molecular weight excluding hydrogens is 359 g/mol. The molecule has 0 aliphatic carbocycles. The van der Waals surface area contributed by atoms with Crippen molar-refractivity contribution in [2.24, 2.45) is 4.99 Å². The Balaban J connectivity index is 0.00000324. The Kier molecular flexibility index (Phi) is 8.12. The van der Waals surface area contributed by atoms with Crippen LogP contribution in [-0.2, 0) is 4.74 Å². The van der Waals surface area contributed by atoms with Crippen molar-refractivity contribution in [1.82, 2.24) is 15.5 Å². The number of nitrogens with one attached hydrogen (secondary N) is 2. The Labute approximate surface area is 132 Å². The molecule has 19 heavy (non-hydrogen) atoms. The van der Waals surface area contributed by atoms with Gasteiger partial charge in [0, 0.05) is 33.2 Å². The van der Waals surface area contributed by atoms with Crippen LogP contribution in [0.4, 0.5) is 4.79 Å². The molecule has 1 rings (SSSR count). The molecule has 0 atom stereocenters. The quantitative estimate of drug-likeness (QED) is 0.723. The van der Waals surface area contributed by atoms with E-state index in [1.165, 1.54) is 0 Å². The maximum absolute atomic E-state index is 11.7. The van der Waals surface area contributed by atoms with Crippen LogP contribution in [0.3, 0.4) is 0 Å². The summed E-state index contributed by atoms with van der Waals surface area (Å²) in [5.41, 5.74) is -0.451. The molecule has 0 saturated heterocycles. The van der Waals surface area contributed by atoms with E-state index < -0.39 is 5.60 Å². The first-order valence-electron chi connectivity index (χ1n) is 6.35. The van der Waals surface area contributed by atoms with Crippen molar-refractivity contribution in [2.45, 2.75) is 32.8 Å². The van der Waals surface area contributed by atoms with E-state index in [1.807, 2.05) is 20.8 Å². The third-order valence-electron chi connectivity index (χ3n) is 2.34. The minimum absolute atomic E-state index is 0. The average Bonchev–Trinajstić information content (AvgIpc) is 2.28. The van der Waals surface area contributed by atoms with Gasteiger partial charge in [-0.2, -0.15) is 0 Å². The molecule has 0 bridgehead atoms. The Bertz CT molecular complexity index is 315. The lowest BCUT2D eigenvalue weighted by molar-refractivity contribution is 0.0302. The van der Waals surface area contributed by atoms with E-state index in [9.17, 15) is 4.79 Å². The van der Waals surface area contributed by atoms with Crippen molar-refractivity contribution in [3.8, 4) is 0 Å². The van der Waals surface area contributed by atoms with Crippen LogP contribution in [-0.4, -0.2) is 55.8 Å². The fourth-order valence-corrected chi connectivity index (χ4v) is 1.42. The molecule has 6 nitrogen and oxygen atoms in total. The summed E-state index contributed by atoms with van der Waals surface area (Å²) in [5.74, 6) is 0.818. The fraction of sp³-hybridized carbons (Fsp3) is 0.833. The Morgan fingerprint density at radius 1 is 1.53 bits per heavy atom. The zero-order valence-corrected chi connectivity index (χ0v) is 14.5. The number of hydrogen-bond donors (Lipinski definition) is 2. The van der Waals surface area contributed by atoms with E-state index >= 15 is 0 Å². The molecule has 112 valence electrons. The molecule has 0 saturated carbocycles. The average molecular weight is 384 g/mol. The van der Waals surface area contributed by atoms with Gasteiger partial charge < -0.3 is 20.3 Å². The molecule has 1 aliphatic rings. The molecule has 0 aromatic rings. The smallest absolute Gasteiger partial charge is 0.410 e. The topological polar surface area (TPSA) is 66.0 Å². The third-order valence-corrected chi connectivity index (χ3v) is 2.34. The SMILES string of the molecule is CN(CCNC1=NCCCN1)C(=O)OC(C)(C)C.I. The standard InChI is InChI=1S/C12H24N4O2.HI/c1-12(2,3)18-11(17)16(4)9-8-15-10-13-6-5-7-14-10;/h5-9H2,1-4H3,(H2,13,14,15);1H. The molecule has 0 spiro atoms. The highest BCUT2D eigenvalue weighted by molar-refractivity contribution is 14.0. The zero-order valence-electron chi connectivity index (χ0n) is 12.2. The number of halogens is 1. The lowest BCUT2D eigenvalue weighted by atomic mass is 10.2. The number of carbonyl (C=O) groups excluding carboxylic acids is 1. The summed E-state index contributed by atoms with van der Waals surface area (Å²) in [6, 6.07) is 0. The van der Waals surface area contributed by atoms with Gasteiger partial charge in [-0.15, -0.1) is 24.0 Å². The number of rotatable bonds is 3. The highest BCUT2D eigenvalue weighted by Gasteiger charge is 2.19. The van der Waals surface area contributed by atoms with E-state index in [1.54, 1.807) is 11.9 Å². The number of guanidine groups is 1. The van der Waals surface area contributed by atoms with Crippen LogP contribution in [0.2, 0.25) is 0 Å². The van der Waals surface area contributed by atoms with Crippen molar-refractivity contribution >= 4 is 36.0 Å². The predicted octanol–water partition coefficient (Wildman–Crippen LogP) is 1.41. The van der Waals surface area contributed by atoms with Gasteiger partial charge in [-0.25, -0.2) is 4.79 Å². The van der Waals surface area contributed by atoms with E-state index in [0.717, 1.165) is 25.5 Å². The Morgan fingerprint density at radius 2 is 2.21 bits per heavy atom. The molecule has 0 fully saturated rings. The molecule has 0 unspecified atom stereocenters. The number of likely N-dealkylation sites (N-methyl/N-ethyl adjacent to an activating group) is 1. The third kappa shape index (κ3) is 8.12. The number of nitrogens with zero attached hydrogens (tertiary/aromatic N) is 2. The molecule has 1 aliphatic heterocycles. The number of hydrogen-bond acceptors (Lipinski definition) is 5. The molecule has 7 heteroatoms. The van der Waals surface area contributed by atoms with Crippen molar-refractivity contribution in [2.75, 3.05) is 33.2 Å². The molecule has 1 heterocycles. The van der Waals surface area contributed by atoms with Gasteiger partial charge in [0.1, 0.15) is 5.60 Å². The maximum atomic E-state index is 11.7. The molecule has 0 radical (unpaired) electrons. The summed E-state index contributed by atoms with van der Waals surface area (Å²) in [6.45, 7) is 8.62.